The summed E-state index contributed by atoms with van der Waals surface area (Å²) in [6.07, 6.45) is 4.61. The van der Waals surface area contributed by atoms with Crippen LogP contribution >= 0.6 is 0 Å². The first-order valence-corrected chi connectivity index (χ1v) is 11.0. The largest absolute Gasteiger partial charge is 0.493 e. The molecule has 2 aliphatic rings. The van der Waals surface area contributed by atoms with Crippen LogP contribution in [0.3, 0.4) is 0 Å². The zero-order valence-corrected chi connectivity index (χ0v) is 18.3. The first-order valence-electron chi connectivity index (χ1n) is 11.0. The van der Waals surface area contributed by atoms with E-state index in [-0.39, 0.29) is 11.3 Å². The summed E-state index contributed by atoms with van der Waals surface area (Å²) in [4.78, 5) is 28.5. The van der Waals surface area contributed by atoms with Crippen LogP contribution in [0.5, 0.6) is 5.75 Å². The van der Waals surface area contributed by atoms with E-state index in [1.54, 1.807) is 0 Å². The highest BCUT2D eigenvalue weighted by Gasteiger charge is 2.51. The molecule has 0 unspecified atom stereocenters. The number of aromatic nitrogens is 1. The van der Waals surface area contributed by atoms with E-state index < -0.39 is 5.41 Å². The Hall–Kier alpha value is -3.08. The van der Waals surface area contributed by atoms with Gasteiger partial charge in [0.2, 0.25) is 5.91 Å². The first-order chi connectivity index (χ1) is 14.8. The maximum absolute atomic E-state index is 13.3. The molecule has 5 nitrogen and oxygen atoms in total. The molecule has 0 bridgehead atoms. The number of H-pyrrole nitrogens is 1. The molecule has 1 aromatic heterocycles. The van der Waals surface area contributed by atoms with Gasteiger partial charge in [-0.05, 0) is 61.1 Å². The van der Waals surface area contributed by atoms with Crippen molar-refractivity contribution in [1.82, 2.24) is 4.98 Å². The summed E-state index contributed by atoms with van der Waals surface area (Å²) in [6.45, 7) is 6.99. The number of hydrogen-bond acceptors (Lipinski definition) is 3. The SMILES string of the molecule is CC(C)(C)c1[nH]c2ccc(NC(=O)C3(c4ccc5c(c4)CCCO5)CC3)cc2c1C=O. The Morgan fingerprint density at radius 3 is 2.68 bits per heavy atom. The number of benzene rings is 2. The zero-order valence-electron chi connectivity index (χ0n) is 18.3. The molecule has 2 N–H and O–H groups in total. The normalized spacial score (nSPS) is 17.0. The molecule has 0 spiro atoms. The van der Waals surface area contributed by atoms with Crippen LogP contribution in [0.4, 0.5) is 5.69 Å². The average molecular weight is 417 g/mol. The van der Waals surface area contributed by atoms with Crippen LogP contribution in [0.25, 0.3) is 10.9 Å². The van der Waals surface area contributed by atoms with Crippen LogP contribution in [0, 0.1) is 0 Å². The van der Waals surface area contributed by atoms with Crippen molar-refractivity contribution in [2.45, 2.75) is 57.3 Å². The van der Waals surface area contributed by atoms with Crippen molar-refractivity contribution >= 4 is 28.8 Å². The van der Waals surface area contributed by atoms with E-state index in [2.05, 4.69) is 37.1 Å². The third-order valence-corrected chi connectivity index (χ3v) is 6.61. The molecule has 0 saturated heterocycles. The number of aldehydes is 1. The number of nitrogens with one attached hydrogen (secondary N) is 2. The van der Waals surface area contributed by atoms with Crippen LogP contribution in [0.2, 0.25) is 0 Å². The van der Waals surface area contributed by atoms with E-state index in [4.69, 9.17) is 4.74 Å². The van der Waals surface area contributed by atoms with Gasteiger partial charge in [0.15, 0.2) is 6.29 Å². The molecular weight excluding hydrogens is 388 g/mol. The minimum atomic E-state index is -0.469. The zero-order chi connectivity index (χ0) is 21.8. The van der Waals surface area contributed by atoms with Gasteiger partial charge in [-0.1, -0.05) is 32.9 Å². The summed E-state index contributed by atoms with van der Waals surface area (Å²) in [6, 6.07) is 11.9. The monoisotopic (exact) mass is 416 g/mol. The fraction of sp³-hybridized carbons (Fsp3) is 0.385. The van der Waals surface area contributed by atoms with Crippen molar-refractivity contribution in [3.8, 4) is 5.75 Å². The Labute approximate surface area is 182 Å². The second kappa shape index (κ2) is 6.98. The molecule has 31 heavy (non-hydrogen) atoms. The van der Waals surface area contributed by atoms with Crippen LogP contribution in [0.1, 0.15) is 67.2 Å². The van der Waals surface area contributed by atoms with E-state index in [9.17, 15) is 9.59 Å². The topological polar surface area (TPSA) is 71.2 Å². The number of anilines is 1. The van der Waals surface area contributed by atoms with Gasteiger partial charge in [-0.25, -0.2) is 0 Å². The highest BCUT2D eigenvalue weighted by atomic mass is 16.5. The van der Waals surface area contributed by atoms with E-state index >= 15 is 0 Å². The van der Waals surface area contributed by atoms with Gasteiger partial charge in [-0.2, -0.15) is 0 Å². The van der Waals surface area contributed by atoms with E-state index in [0.717, 1.165) is 66.5 Å². The molecule has 1 amide bonds. The Morgan fingerprint density at radius 2 is 1.97 bits per heavy atom. The van der Waals surface area contributed by atoms with Crippen LogP contribution in [-0.2, 0) is 22.0 Å². The molecule has 160 valence electrons. The van der Waals surface area contributed by atoms with Gasteiger partial charge in [0, 0.05) is 33.3 Å². The van der Waals surface area contributed by atoms with Crippen molar-refractivity contribution in [3.63, 3.8) is 0 Å². The maximum atomic E-state index is 13.3. The Morgan fingerprint density at radius 1 is 1.16 bits per heavy atom. The molecule has 1 aliphatic carbocycles. The highest BCUT2D eigenvalue weighted by Crippen LogP contribution is 2.50. The molecular formula is C26H28N2O3. The third kappa shape index (κ3) is 3.32. The van der Waals surface area contributed by atoms with Crippen molar-refractivity contribution in [2.75, 3.05) is 11.9 Å². The fourth-order valence-electron chi connectivity index (χ4n) is 4.69. The number of ether oxygens (including phenoxy) is 1. The van der Waals surface area contributed by atoms with Gasteiger partial charge in [-0.3, -0.25) is 9.59 Å². The highest BCUT2D eigenvalue weighted by molar-refractivity contribution is 6.05. The second-order valence-electron chi connectivity index (χ2n) is 9.85. The summed E-state index contributed by atoms with van der Waals surface area (Å²) >= 11 is 0. The molecule has 1 saturated carbocycles. The lowest BCUT2D eigenvalue weighted by Crippen LogP contribution is -2.28. The number of hydrogen-bond donors (Lipinski definition) is 2. The number of fused-ring (bicyclic) bond motifs is 2. The van der Waals surface area contributed by atoms with Gasteiger partial charge in [-0.15, -0.1) is 0 Å². The maximum Gasteiger partial charge on any atom is 0.235 e. The fourth-order valence-corrected chi connectivity index (χ4v) is 4.69. The number of rotatable bonds is 4. The summed E-state index contributed by atoms with van der Waals surface area (Å²) < 4.78 is 5.72. The first kappa shape index (κ1) is 19.9. The Kier molecular flexibility index (Phi) is 4.47. The quantitative estimate of drug-likeness (QED) is 0.569. The van der Waals surface area contributed by atoms with E-state index in [1.807, 2.05) is 30.3 Å². The number of aryl methyl sites for hydroxylation is 1. The standard InChI is InChI=1S/C26H28N2O3/c1-25(2,3)23-20(15-29)19-14-18(7-8-21(19)28-23)27-24(30)26(10-11-26)17-6-9-22-16(13-17)5-4-12-31-22/h6-9,13-15,28H,4-5,10-12H2,1-3H3,(H,27,30). The number of carbonyl (C=O) groups excluding carboxylic acids is 2. The van der Waals surface area contributed by atoms with Crippen LogP contribution < -0.4 is 10.1 Å². The van der Waals surface area contributed by atoms with Crippen LogP contribution in [0.15, 0.2) is 36.4 Å². The van der Waals surface area contributed by atoms with Gasteiger partial charge in [0.25, 0.3) is 0 Å². The molecule has 1 aliphatic heterocycles. The Bertz CT molecular complexity index is 1200. The summed E-state index contributed by atoms with van der Waals surface area (Å²) in [5.41, 5.74) is 4.82. The Balaban J connectivity index is 1.44. The molecule has 2 aromatic carbocycles. The van der Waals surface area contributed by atoms with E-state index in [0.29, 0.717) is 11.3 Å². The molecule has 1 fully saturated rings. The number of carbonyl (C=O) groups is 2. The van der Waals surface area contributed by atoms with E-state index in [1.165, 1.54) is 5.56 Å². The number of amides is 1. The van der Waals surface area contributed by atoms with Crippen molar-refractivity contribution in [1.29, 1.82) is 0 Å². The predicted molar refractivity (Wildman–Crippen MR) is 122 cm³/mol. The summed E-state index contributed by atoms with van der Waals surface area (Å²) in [7, 11) is 0. The van der Waals surface area contributed by atoms with Gasteiger partial charge >= 0.3 is 0 Å². The summed E-state index contributed by atoms with van der Waals surface area (Å²) in [5, 5.41) is 3.96. The predicted octanol–water partition coefficient (Wildman–Crippen LogP) is 5.27. The van der Waals surface area contributed by atoms with Crippen molar-refractivity contribution in [3.05, 3.63) is 58.8 Å². The van der Waals surface area contributed by atoms with Crippen LogP contribution in [-0.4, -0.2) is 23.8 Å². The van der Waals surface area contributed by atoms with Crippen molar-refractivity contribution < 1.29 is 14.3 Å². The smallest absolute Gasteiger partial charge is 0.235 e. The minimum absolute atomic E-state index is 0.0164. The lowest BCUT2D eigenvalue weighted by Gasteiger charge is -2.21. The second-order valence-corrected chi connectivity index (χ2v) is 9.85. The minimum Gasteiger partial charge on any atom is -0.493 e. The average Bonchev–Trinajstić information content (AvgIpc) is 3.48. The molecule has 3 aromatic rings. The summed E-state index contributed by atoms with van der Waals surface area (Å²) in [5.74, 6) is 0.961. The van der Waals surface area contributed by atoms with Gasteiger partial charge in [0.1, 0.15) is 5.75 Å². The lowest BCUT2D eigenvalue weighted by molar-refractivity contribution is -0.118. The lowest BCUT2D eigenvalue weighted by atomic mass is 9.89. The van der Waals surface area contributed by atoms with Crippen molar-refractivity contribution in [2.24, 2.45) is 0 Å². The number of aromatic amines is 1. The molecule has 0 radical (unpaired) electrons. The molecule has 5 heteroatoms. The molecule has 5 rings (SSSR count). The van der Waals surface area contributed by atoms with Gasteiger partial charge in [0.05, 0.1) is 12.0 Å². The third-order valence-electron chi connectivity index (χ3n) is 6.61. The van der Waals surface area contributed by atoms with Gasteiger partial charge < -0.3 is 15.0 Å². The molecule has 0 atom stereocenters. The molecule has 2 heterocycles.